The highest BCUT2D eigenvalue weighted by atomic mass is 32.1. The fourth-order valence-corrected chi connectivity index (χ4v) is 4.58. The number of anilines is 2. The van der Waals surface area contributed by atoms with Crippen molar-refractivity contribution in [2.75, 3.05) is 4.90 Å². The van der Waals surface area contributed by atoms with E-state index in [1.165, 1.54) is 0 Å². The maximum Gasteiger partial charge on any atom is 0.237 e. The van der Waals surface area contributed by atoms with E-state index >= 15 is 0 Å². The number of benzene rings is 1. The summed E-state index contributed by atoms with van der Waals surface area (Å²) in [7, 11) is 0. The quantitative estimate of drug-likeness (QED) is 0.386. The van der Waals surface area contributed by atoms with Crippen LogP contribution in [0.4, 0.5) is 11.5 Å². The third kappa shape index (κ3) is 3.41. The third-order valence-electron chi connectivity index (χ3n) is 5.59. The number of amides is 1. The van der Waals surface area contributed by atoms with Gasteiger partial charge in [-0.2, -0.15) is 0 Å². The van der Waals surface area contributed by atoms with E-state index in [1.807, 2.05) is 77.8 Å². The Kier molecular flexibility index (Phi) is 4.58. The summed E-state index contributed by atoms with van der Waals surface area (Å²) in [5.41, 5.74) is 5.34. The lowest BCUT2D eigenvalue weighted by molar-refractivity contribution is -0.116. The second-order valence-electron chi connectivity index (χ2n) is 7.75. The molecule has 0 fully saturated rings. The van der Waals surface area contributed by atoms with Crippen molar-refractivity contribution in [3.63, 3.8) is 0 Å². The molecule has 5 heterocycles. The van der Waals surface area contributed by atoms with Gasteiger partial charge in [0.2, 0.25) is 5.91 Å². The lowest BCUT2D eigenvalue weighted by atomic mass is 10.1. The van der Waals surface area contributed by atoms with Gasteiger partial charge in [0.15, 0.2) is 0 Å². The molecule has 1 amide bonds. The standard InChI is InChI=1S/C25H18N6OS/c1-16-4-7-20(14-28-16)30-15-21(25-27-11-12-33-25)29-24(30)17-5-8-19(9-6-17)31-22(32)13-18-3-2-10-26-23(18)31/h2-12,14-15H,13H2,1H3. The van der Waals surface area contributed by atoms with E-state index in [9.17, 15) is 4.79 Å². The number of carbonyl (C=O) groups excluding carboxylic acids is 1. The molecule has 33 heavy (non-hydrogen) atoms. The van der Waals surface area contributed by atoms with Crippen LogP contribution >= 0.6 is 11.3 Å². The highest BCUT2D eigenvalue weighted by Gasteiger charge is 2.29. The van der Waals surface area contributed by atoms with Gasteiger partial charge >= 0.3 is 0 Å². The maximum atomic E-state index is 12.6. The van der Waals surface area contributed by atoms with E-state index in [0.717, 1.165) is 44.7 Å². The highest BCUT2D eigenvalue weighted by Crippen LogP contribution is 2.35. The van der Waals surface area contributed by atoms with Gasteiger partial charge in [-0.3, -0.25) is 19.2 Å². The van der Waals surface area contributed by atoms with Crippen molar-refractivity contribution in [2.45, 2.75) is 13.3 Å². The van der Waals surface area contributed by atoms with Crippen LogP contribution in [-0.4, -0.2) is 30.4 Å². The molecule has 4 aromatic heterocycles. The van der Waals surface area contributed by atoms with Gasteiger partial charge in [-0.05, 0) is 49.4 Å². The first-order valence-corrected chi connectivity index (χ1v) is 11.3. The minimum absolute atomic E-state index is 0.0229. The number of imidazole rings is 1. The molecule has 0 N–H and O–H groups in total. The normalized spacial score (nSPS) is 12.9. The largest absolute Gasteiger partial charge is 0.297 e. The van der Waals surface area contributed by atoms with Crippen molar-refractivity contribution < 1.29 is 4.79 Å². The SMILES string of the molecule is Cc1ccc(-n2cc(-c3nccs3)nc2-c2ccc(N3C(=O)Cc4cccnc43)cc2)cn1. The Morgan fingerprint density at radius 2 is 1.79 bits per heavy atom. The highest BCUT2D eigenvalue weighted by molar-refractivity contribution is 7.13. The average molecular weight is 451 g/mol. The van der Waals surface area contributed by atoms with Gasteiger partial charge in [-0.15, -0.1) is 11.3 Å². The summed E-state index contributed by atoms with van der Waals surface area (Å²) in [6.45, 7) is 1.96. The summed E-state index contributed by atoms with van der Waals surface area (Å²) < 4.78 is 2.02. The number of carbonyl (C=O) groups is 1. The number of aromatic nitrogens is 5. The number of fused-ring (bicyclic) bond motifs is 1. The van der Waals surface area contributed by atoms with Crippen LogP contribution in [0.3, 0.4) is 0 Å². The molecule has 0 saturated carbocycles. The molecule has 160 valence electrons. The zero-order valence-electron chi connectivity index (χ0n) is 17.7. The molecular formula is C25H18N6OS. The Balaban J connectivity index is 1.42. The second kappa shape index (κ2) is 7.75. The average Bonchev–Trinajstić information content (AvgIpc) is 3.58. The molecule has 0 radical (unpaired) electrons. The van der Waals surface area contributed by atoms with Crippen molar-refractivity contribution in [3.05, 3.63) is 90.0 Å². The van der Waals surface area contributed by atoms with Crippen molar-refractivity contribution >= 4 is 28.7 Å². The number of thiazole rings is 1. The second-order valence-corrected chi connectivity index (χ2v) is 8.65. The summed E-state index contributed by atoms with van der Waals surface area (Å²) >= 11 is 1.55. The number of hydrogen-bond donors (Lipinski definition) is 0. The molecule has 0 aliphatic carbocycles. The Bertz CT molecular complexity index is 1460. The Morgan fingerprint density at radius 1 is 0.939 bits per heavy atom. The molecule has 0 atom stereocenters. The minimum atomic E-state index is 0.0229. The fourth-order valence-electron chi connectivity index (χ4n) is 3.99. The number of pyridine rings is 2. The monoisotopic (exact) mass is 450 g/mol. The topological polar surface area (TPSA) is 76.8 Å². The maximum absolute atomic E-state index is 12.6. The van der Waals surface area contributed by atoms with Crippen LogP contribution in [-0.2, 0) is 11.2 Å². The summed E-state index contributed by atoms with van der Waals surface area (Å²) in [5, 5.41) is 2.80. The van der Waals surface area contributed by atoms with Crippen molar-refractivity contribution in [3.8, 4) is 27.8 Å². The molecule has 1 aliphatic heterocycles. The number of rotatable bonds is 4. The van der Waals surface area contributed by atoms with Gasteiger partial charge in [0, 0.05) is 40.8 Å². The zero-order chi connectivity index (χ0) is 22.4. The summed E-state index contributed by atoms with van der Waals surface area (Å²) in [6.07, 6.45) is 7.68. The first-order chi connectivity index (χ1) is 16.2. The summed E-state index contributed by atoms with van der Waals surface area (Å²) in [5.74, 6) is 1.51. The van der Waals surface area contributed by atoms with Gasteiger partial charge in [0.25, 0.3) is 0 Å². The Labute approximate surface area is 194 Å². The molecule has 1 aromatic carbocycles. The smallest absolute Gasteiger partial charge is 0.237 e. The molecule has 8 heteroatoms. The molecule has 0 unspecified atom stereocenters. The molecular weight excluding hydrogens is 432 g/mol. The van der Waals surface area contributed by atoms with E-state index in [2.05, 4.69) is 15.0 Å². The molecule has 1 aliphatic rings. The Morgan fingerprint density at radius 3 is 2.55 bits per heavy atom. The van der Waals surface area contributed by atoms with Crippen LogP contribution in [0, 0.1) is 6.92 Å². The van der Waals surface area contributed by atoms with Gasteiger partial charge in [0.1, 0.15) is 22.3 Å². The fraction of sp³-hybridized carbons (Fsp3) is 0.0800. The zero-order valence-corrected chi connectivity index (χ0v) is 18.5. The Hall–Kier alpha value is -4.17. The summed E-state index contributed by atoms with van der Waals surface area (Å²) in [4.78, 5) is 32.5. The summed E-state index contributed by atoms with van der Waals surface area (Å²) in [6, 6.07) is 15.7. The lowest BCUT2D eigenvalue weighted by Crippen LogP contribution is -2.21. The van der Waals surface area contributed by atoms with Crippen molar-refractivity contribution in [1.29, 1.82) is 0 Å². The molecule has 0 spiro atoms. The van der Waals surface area contributed by atoms with E-state index in [-0.39, 0.29) is 5.91 Å². The molecule has 5 aromatic rings. The van der Waals surface area contributed by atoms with E-state index in [1.54, 1.807) is 28.6 Å². The predicted octanol–water partition coefficient (Wildman–Crippen LogP) is 4.98. The molecule has 6 rings (SSSR count). The molecule has 7 nitrogen and oxygen atoms in total. The van der Waals surface area contributed by atoms with Gasteiger partial charge in [-0.25, -0.2) is 15.0 Å². The van der Waals surface area contributed by atoms with Crippen LogP contribution in [0.1, 0.15) is 11.3 Å². The van der Waals surface area contributed by atoms with Crippen molar-refractivity contribution in [2.24, 2.45) is 0 Å². The first-order valence-electron chi connectivity index (χ1n) is 10.5. The van der Waals surface area contributed by atoms with Gasteiger partial charge < -0.3 is 0 Å². The van der Waals surface area contributed by atoms with E-state index in [4.69, 9.17) is 4.98 Å². The number of aryl methyl sites for hydroxylation is 1. The van der Waals surface area contributed by atoms with Crippen LogP contribution in [0.25, 0.3) is 27.8 Å². The van der Waals surface area contributed by atoms with Crippen LogP contribution < -0.4 is 4.90 Å². The molecule has 0 saturated heterocycles. The van der Waals surface area contributed by atoms with Crippen LogP contribution in [0.2, 0.25) is 0 Å². The first kappa shape index (κ1) is 19.5. The van der Waals surface area contributed by atoms with E-state index < -0.39 is 0 Å². The number of hydrogen-bond acceptors (Lipinski definition) is 6. The number of nitrogens with zero attached hydrogens (tertiary/aromatic N) is 6. The van der Waals surface area contributed by atoms with E-state index in [0.29, 0.717) is 12.2 Å². The van der Waals surface area contributed by atoms with Gasteiger partial charge in [-0.1, -0.05) is 6.07 Å². The predicted molar refractivity (Wildman–Crippen MR) is 128 cm³/mol. The van der Waals surface area contributed by atoms with Gasteiger partial charge in [0.05, 0.1) is 24.0 Å². The minimum Gasteiger partial charge on any atom is -0.297 e. The molecule has 0 bridgehead atoms. The lowest BCUT2D eigenvalue weighted by Gasteiger charge is -2.17. The van der Waals surface area contributed by atoms with Crippen LogP contribution in [0.15, 0.2) is 78.7 Å². The van der Waals surface area contributed by atoms with Crippen molar-refractivity contribution in [1.82, 2.24) is 24.5 Å². The van der Waals surface area contributed by atoms with Crippen LogP contribution in [0.5, 0.6) is 0 Å². The third-order valence-corrected chi connectivity index (χ3v) is 6.38.